The van der Waals surface area contributed by atoms with Crippen LogP contribution in [0, 0.1) is 0 Å². The number of nitrogens with one attached hydrogen (secondary N) is 1. The van der Waals surface area contributed by atoms with Crippen molar-refractivity contribution in [3.05, 3.63) is 48.5 Å². The van der Waals surface area contributed by atoms with E-state index in [0.29, 0.717) is 23.3 Å². The van der Waals surface area contributed by atoms with Gasteiger partial charge in [0, 0.05) is 5.69 Å². The Bertz CT molecular complexity index is 738. The van der Waals surface area contributed by atoms with Gasteiger partial charge < -0.3 is 19.5 Å². The van der Waals surface area contributed by atoms with E-state index in [1.807, 2.05) is 42.5 Å². The third-order valence-corrected chi connectivity index (χ3v) is 4.53. The molecule has 1 atom stereocenters. The van der Waals surface area contributed by atoms with Crippen LogP contribution in [0.15, 0.2) is 48.5 Å². The lowest BCUT2D eigenvalue weighted by Gasteiger charge is -2.25. The number of rotatable bonds is 4. The molecule has 130 valence electrons. The molecule has 0 unspecified atom stereocenters. The van der Waals surface area contributed by atoms with Crippen molar-refractivity contribution in [2.45, 2.75) is 37.9 Å². The van der Waals surface area contributed by atoms with Gasteiger partial charge in [-0.25, -0.2) is 0 Å². The van der Waals surface area contributed by atoms with Gasteiger partial charge in [-0.15, -0.1) is 0 Å². The normalized spacial score (nSPS) is 19.4. The third kappa shape index (κ3) is 3.71. The predicted molar refractivity (Wildman–Crippen MR) is 94.3 cm³/mol. The maximum absolute atomic E-state index is 12.4. The van der Waals surface area contributed by atoms with Crippen LogP contribution in [0.2, 0.25) is 0 Å². The van der Waals surface area contributed by atoms with Crippen molar-refractivity contribution in [2.24, 2.45) is 0 Å². The zero-order valence-corrected chi connectivity index (χ0v) is 13.9. The summed E-state index contributed by atoms with van der Waals surface area (Å²) in [4.78, 5) is 12.4. The molecule has 1 N–H and O–H groups in total. The van der Waals surface area contributed by atoms with Crippen LogP contribution < -0.4 is 19.5 Å². The van der Waals surface area contributed by atoms with Gasteiger partial charge in [0.05, 0.1) is 6.10 Å². The van der Waals surface area contributed by atoms with Crippen LogP contribution in [0.3, 0.4) is 0 Å². The highest BCUT2D eigenvalue weighted by Gasteiger charge is 2.27. The fourth-order valence-corrected chi connectivity index (χ4v) is 3.19. The zero-order valence-electron chi connectivity index (χ0n) is 13.9. The molecule has 1 amide bonds. The van der Waals surface area contributed by atoms with Crippen molar-refractivity contribution in [1.82, 2.24) is 0 Å². The smallest absolute Gasteiger partial charge is 0.269 e. The second-order valence-electron chi connectivity index (χ2n) is 6.40. The predicted octanol–water partition coefficient (Wildman–Crippen LogP) is 3.79. The molecule has 5 nitrogen and oxygen atoms in total. The van der Waals surface area contributed by atoms with Gasteiger partial charge >= 0.3 is 0 Å². The molecule has 1 heterocycles. The van der Waals surface area contributed by atoms with Crippen molar-refractivity contribution >= 4 is 11.6 Å². The van der Waals surface area contributed by atoms with Crippen LogP contribution in [0.4, 0.5) is 5.69 Å². The maximum atomic E-state index is 12.4. The van der Waals surface area contributed by atoms with E-state index in [0.717, 1.165) is 18.6 Å². The molecular weight excluding hydrogens is 318 g/mol. The molecule has 1 fully saturated rings. The Hall–Kier alpha value is -2.69. The Morgan fingerprint density at radius 2 is 1.72 bits per heavy atom. The molecule has 5 heteroatoms. The number of fused-ring (bicyclic) bond motifs is 1. The molecular formula is C20H21NO4. The molecule has 4 rings (SSSR count). The van der Waals surface area contributed by atoms with Gasteiger partial charge in [0.25, 0.3) is 5.91 Å². The fraction of sp³-hybridized carbons (Fsp3) is 0.350. The van der Waals surface area contributed by atoms with E-state index >= 15 is 0 Å². The Balaban J connectivity index is 1.34. The van der Waals surface area contributed by atoms with E-state index in [-0.39, 0.29) is 12.5 Å². The quantitative estimate of drug-likeness (QED) is 0.921. The molecule has 0 aromatic heterocycles. The van der Waals surface area contributed by atoms with E-state index in [4.69, 9.17) is 14.2 Å². The number of ether oxygens (including phenoxy) is 3. The Kier molecular flexibility index (Phi) is 4.46. The first-order valence-electron chi connectivity index (χ1n) is 8.74. The monoisotopic (exact) mass is 339 g/mol. The second kappa shape index (κ2) is 7.05. The van der Waals surface area contributed by atoms with E-state index in [9.17, 15) is 4.79 Å². The number of benzene rings is 2. The van der Waals surface area contributed by atoms with Crippen molar-refractivity contribution in [1.29, 1.82) is 0 Å². The number of carbonyl (C=O) groups is 1. The standard InChI is InChI=1S/C20H21NO4/c22-20(19-13-23-17-7-3-4-8-18(17)25-19)21-14-9-11-16(12-10-14)24-15-5-1-2-6-15/h3-4,7-12,15,19H,1-2,5-6,13H2,(H,21,22)/t19-/m0/s1. The molecule has 0 radical (unpaired) electrons. The molecule has 25 heavy (non-hydrogen) atoms. The summed E-state index contributed by atoms with van der Waals surface area (Å²) in [5.41, 5.74) is 0.714. The molecule has 2 aromatic carbocycles. The molecule has 0 bridgehead atoms. The first-order chi connectivity index (χ1) is 12.3. The van der Waals surface area contributed by atoms with Gasteiger partial charge in [-0.1, -0.05) is 12.1 Å². The lowest BCUT2D eigenvalue weighted by molar-refractivity contribution is -0.125. The topological polar surface area (TPSA) is 56.8 Å². The van der Waals surface area contributed by atoms with Crippen molar-refractivity contribution in [3.63, 3.8) is 0 Å². The minimum Gasteiger partial charge on any atom is -0.490 e. The number of hydrogen-bond acceptors (Lipinski definition) is 4. The maximum Gasteiger partial charge on any atom is 0.269 e. The minimum absolute atomic E-state index is 0.200. The van der Waals surface area contributed by atoms with Gasteiger partial charge in [-0.3, -0.25) is 4.79 Å². The third-order valence-electron chi connectivity index (χ3n) is 4.53. The van der Waals surface area contributed by atoms with Gasteiger partial charge in [0.1, 0.15) is 12.4 Å². The van der Waals surface area contributed by atoms with Gasteiger partial charge in [0.15, 0.2) is 11.5 Å². The number of hydrogen-bond donors (Lipinski definition) is 1. The van der Waals surface area contributed by atoms with Crippen molar-refractivity contribution in [2.75, 3.05) is 11.9 Å². The highest BCUT2D eigenvalue weighted by Crippen LogP contribution is 2.31. The van der Waals surface area contributed by atoms with E-state index in [1.165, 1.54) is 12.8 Å². The van der Waals surface area contributed by atoms with Crippen molar-refractivity contribution < 1.29 is 19.0 Å². The van der Waals surface area contributed by atoms with Crippen LogP contribution in [-0.4, -0.2) is 24.7 Å². The van der Waals surface area contributed by atoms with E-state index in [1.54, 1.807) is 6.07 Å². The lowest BCUT2D eigenvalue weighted by atomic mass is 10.2. The summed E-state index contributed by atoms with van der Waals surface area (Å²) in [5, 5.41) is 2.86. The molecule has 1 aliphatic carbocycles. The SMILES string of the molecule is O=C(Nc1ccc(OC2CCCC2)cc1)[C@@H]1COc2ccccc2O1. The summed E-state index contributed by atoms with van der Waals surface area (Å²) in [7, 11) is 0. The number of para-hydroxylation sites is 2. The zero-order chi connectivity index (χ0) is 17.1. The summed E-state index contributed by atoms with van der Waals surface area (Å²) >= 11 is 0. The van der Waals surface area contributed by atoms with E-state index < -0.39 is 6.10 Å². The Morgan fingerprint density at radius 1 is 1.00 bits per heavy atom. The van der Waals surface area contributed by atoms with Crippen LogP contribution in [-0.2, 0) is 4.79 Å². The summed E-state index contributed by atoms with van der Waals surface area (Å²) in [6.45, 7) is 0.200. The van der Waals surface area contributed by atoms with E-state index in [2.05, 4.69) is 5.32 Å². The summed E-state index contributed by atoms with van der Waals surface area (Å²) < 4.78 is 17.2. The molecule has 1 saturated carbocycles. The second-order valence-corrected chi connectivity index (χ2v) is 6.40. The fourth-order valence-electron chi connectivity index (χ4n) is 3.19. The van der Waals surface area contributed by atoms with Gasteiger partial charge in [-0.2, -0.15) is 0 Å². The summed E-state index contributed by atoms with van der Waals surface area (Å²) in [5.74, 6) is 1.88. The van der Waals surface area contributed by atoms with Crippen LogP contribution in [0.5, 0.6) is 17.2 Å². The first kappa shape index (κ1) is 15.8. The van der Waals surface area contributed by atoms with Crippen molar-refractivity contribution in [3.8, 4) is 17.2 Å². The van der Waals surface area contributed by atoms with Crippen LogP contribution in [0.25, 0.3) is 0 Å². The summed E-state index contributed by atoms with van der Waals surface area (Å²) in [6, 6.07) is 14.8. The minimum atomic E-state index is -0.663. The van der Waals surface area contributed by atoms with Crippen LogP contribution in [0.1, 0.15) is 25.7 Å². The Morgan fingerprint density at radius 3 is 2.48 bits per heavy atom. The average molecular weight is 339 g/mol. The lowest BCUT2D eigenvalue weighted by Crippen LogP contribution is -2.40. The highest BCUT2D eigenvalue weighted by atomic mass is 16.6. The first-order valence-corrected chi connectivity index (χ1v) is 8.74. The summed E-state index contributed by atoms with van der Waals surface area (Å²) in [6.07, 6.45) is 4.40. The number of carbonyl (C=O) groups excluding carboxylic acids is 1. The Labute approximate surface area is 146 Å². The van der Waals surface area contributed by atoms with Crippen LogP contribution >= 0.6 is 0 Å². The highest BCUT2D eigenvalue weighted by molar-refractivity contribution is 5.94. The largest absolute Gasteiger partial charge is 0.490 e. The van der Waals surface area contributed by atoms with Gasteiger partial charge in [0.2, 0.25) is 6.10 Å². The molecule has 1 aliphatic heterocycles. The number of amides is 1. The molecule has 0 spiro atoms. The molecule has 2 aliphatic rings. The van der Waals surface area contributed by atoms with Gasteiger partial charge in [-0.05, 0) is 62.1 Å². The average Bonchev–Trinajstić information content (AvgIpc) is 3.16. The number of anilines is 1. The molecule has 0 saturated heterocycles. The molecule has 2 aromatic rings.